The van der Waals surface area contributed by atoms with Crippen LogP contribution in [-0.2, 0) is 6.54 Å². The van der Waals surface area contributed by atoms with Gasteiger partial charge in [0.25, 0.3) is 0 Å². The topological polar surface area (TPSA) is 50.9 Å². The highest BCUT2D eigenvalue weighted by Gasteiger charge is 2.13. The van der Waals surface area contributed by atoms with E-state index in [4.69, 9.17) is 0 Å². The second-order valence-electron chi connectivity index (χ2n) is 3.24. The number of hydrogen-bond acceptors (Lipinski definition) is 3. The first-order valence-electron chi connectivity index (χ1n) is 4.73. The van der Waals surface area contributed by atoms with Gasteiger partial charge in [-0.3, -0.25) is 0 Å². The zero-order valence-electron chi connectivity index (χ0n) is 8.31. The highest BCUT2D eigenvalue weighted by Crippen LogP contribution is 2.18. The summed E-state index contributed by atoms with van der Waals surface area (Å²) in [7, 11) is 0. The standard InChI is InChI=1S/C10H13N3O/c1-3-13-9(7(2)14)12-8-5-4-6-11-10(8)13/h4-7,14H,3H2,1-2H3. The average Bonchev–Trinajstić information content (AvgIpc) is 2.56. The Morgan fingerprint density at radius 2 is 2.36 bits per heavy atom. The highest BCUT2D eigenvalue weighted by molar-refractivity contribution is 5.71. The average molecular weight is 191 g/mol. The molecule has 0 radical (unpaired) electrons. The van der Waals surface area contributed by atoms with Crippen molar-refractivity contribution in [2.24, 2.45) is 0 Å². The third kappa shape index (κ3) is 1.28. The minimum atomic E-state index is -0.552. The van der Waals surface area contributed by atoms with E-state index in [1.165, 1.54) is 0 Å². The van der Waals surface area contributed by atoms with Crippen LogP contribution in [0, 0.1) is 0 Å². The highest BCUT2D eigenvalue weighted by atomic mass is 16.3. The van der Waals surface area contributed by atoms with Crippen molar-refractivity contribution in [2.45, 2.75) is 26.5 Å². The molecule has 1 unspecified atom stereocenters. The molecule has 0 amide bonds. The van der Waals surface area contributed by atoms with Crippen molar-refractivity contribution in [1.82, 2.24) is 14.5 Å². The number of fused-ring (bicyclic) bond motifs is 1. The Balaban J connectivity index is 2.72. The Morgan fingerprint density at radius 3 is 3.00 bits per heavy atom. The molecule has 0 aromatic carbocycles. The summed E-state index contributed by atoms with van der Waals surface area (Å²) in [5, 5.41) is 9.53. The molecule has 0 saturated carbocycles. The molecular weight excluding hydrogens is 178 g/mol. The zero-order valence-corrected chi connectivity index (χ0v) is 8.31. The lowest BCUT2D eigenvalue weighted by molar-refractivity contribution is 0.184. The van der Waals surface area contributed by atoms with Gasteiger partial charge in [-0.1, -0.05) is 0 Å². The summed E-state index contributed by atoms with van der Waals surface area (Å²) < 4.78 is 1.93. The maximum atomic E-state index is 9.53. The van der Waals surface area contributed by atoms with Gasteiger partial charge in [0, 0.05) is 12.7 Å². The summed E-state index contributed by atoms with van der Waals surface area (Å²) in [6.07, 6.45) is 1.19. The SMILES string of the molecule is CCn1c(C(C)O)nc2cccnc21. The van der Waals surface area contributed by atoms with Crippen molar-refractivity contribution in [3.63, 3.8) is 0 Å². The van der Waals surface area contributed by atoms with E-state index in [0.29, 0.717) is 5.82 Å². The summed E-state index contributed by atoms with van der Waals surface area (Å²) in [4.78, 5) is 8.58. The third-order valence-corrected chi connectivity index (χ3v) is 2.22. The van der Waals surface area contributed by atoms with E-state index in [-0.39, 0.29) is 0 Å². The van der Waals surface area contributed by atoms with Gasteiger partial charge in [0.2, 0.25) is 0 Å². The van der Waals surface area contributed by atoms with Crippen molar-refractivity contribution in [3.8, 4) is 0 Å². The first-order chi connectivity index (χ1) is 6.74. The molecule has 0 saturated heterocycles. The number of aliphatic hydroxyl groups excluding tert-OH is 1. The molecule has 2 heterocycles. The van der Waals surface area contributed by atoms with Crippen LogP contribution in [0.1, 0.15) is 25.8 Å². The van der Waals surface area contributed by atoms with Crippen LogP contribution < -0.4 is 0 Å². The molecule has 0 spiro atoms. The molecule has 4 heteroatoms. The Kier molecular flexibility index (Phi) is 2.21. The molecule has 1 atom stereocenters. The smallest absolute Gasteiger partial charge is 0.160 e. The fourth-order valence-corrected chi connectivity index (χ4v) is 1.61. The van der Waals surface area contributed by atoms with Gasteiger partial charge in [-0.25, -0.2) is 9.97 Å². The maximum Gasteiger partial charge on any atom is 0.160 e. The number of aromatic nitrogens is 3. The lowest BCUT2D eigenvalue weighted by Gasteiger charge is -2.06. The lowest BCUT2D eigenvalue weighted by atomic mass is 10.4. The van der Waals surface area contributed by atoms with Gasteiger partial charge in [-0.2, -0.15) is 0 Å². The summed E-state index contributed by atoms with van der Waals surface area (Å²) in [6, 6.07) is 3.75. The van der Waals surface area contributed by atoms with Crippen LogP contribution in [0.4, 0.5) is 0 Å². The Bertz CT molecular complexity index is 448. The number of hydrogen-bond donors (Lipinski definition) is 1. The molecule has 1 N–H and O–H groups in total. The Hall–Kier alpha value is -1.42. The molecule has 0 aliphatic heterocycles. The molecule has 4 nitrogen and oxygen atoms in total. The molecule has 74 valence electrons. The number of aliphatic hydroxyl groups is 1. The fourth-order valence-electron chi connectivity index (χ4n) is 1.61. The van der Waals surface area contributed by atoms with Gasteiger partial charge in [-0.15, -0.1) is 0 Å². The number of imidazole rings is 1. The first kappa shape index (κ1) is 9.15. The van der Waals surface area contributed by atoms with E-state index in [1.54, 1.807) is 13.1 Å². The van der Waals surface area contributed by atoms with Crippen LogP contribution in [0.2, 0.25) is 0 Å². The molecule has 0 fully saturated rings. The van der Waals surface area contributed by atoms with Gasteiger partial charge in [-0.05, 0) is 26.0 Å². The molecule has 0 aliphatic rings. The second kappa shape index (κ2) is 3.38. The largest absolute Gasteiger partial charge is 0.385 e. The Labute approximate surface area is 82.2 Å². The predicted molar refractivity (Wildman–Crippen MR) is 53.8 cm³/mol. The van der Waals surface area contributed by atoms with Gasteiger partial charge in [0.15, 0.2) is 5.65 Å². The number of nitrogens with zero attached hydrogens (tertiary/aromatic N) is 3. The summed E-state index contributed by atoms with van der Waals surface area (Å²) in [6.45, 7) is 4.50. The van der Waals surface area contributed by atoms with Gasteiger partial charge in [0.05, 0.1) is 0 Å². The minimum absolute atomic E-state index is 0.552. The molecule has 14 heavy (non-hydrogen) atoms. The van der Waals surface area contributed by atoms with Crippen LogP contribution in [0.25, 0.3) is 11.2 Å². The van der Waals surface area contributed by atoms with Crippen LogP contribution in [0.5, 0.6) is 0 Å². The normalized spacial score (nSPS) is 13.4. The molecule has 0 aliphatic carbocycles. The van der Waals surface area contributed by atoms with Crippen molar-refractivity contribution >= 4 is 11.2 Å². The van der Waals surface area contributed by atoms with E-state index in [2.05, 4.69) is 9.97 Å². The molecule has 0 bridgehead atoms. The number of pyridine rings is 1. The number of aryl methyl sites for hydroxylation is 1. The van der Waals surface area contributed by atoms with Crippen LogP contribution in [0.15, 0.2) is 18.3 Å². The van der Waals surface area contributed by atoms with Crippen LogP contribution in [-0.4, -0.2) is 19.6 Å². The van der Waals surface area contributed by atoms with Crippen LogP contribution >= 0.6 is 0 Å². The van der Waals surface area contributed by atoms with E-state index in [1.807, 2.05) is 23.6 Å². The zero-order chi connectivity index (χ0) is 10.1. The fraction of sp³-hybridized carbons (Fsp3) is 0.400. The van der Waals surface area contributed by atoms with Crippen LogP contribution in [0.3, 0.4) is 0 Å². The lowest BCUT2D eigenvalue weighted by Crippen LogP contribution is -2.05. The van der Waals surface area contributed by atoms with E-state index in [9.17, 15) is 5.11 Å². The number of rotatable bonds is 2. The summed E-state index contributed by atoms with van der Waals surface area (Å²) in [5.41, 5.74) is 1.68. The van der Waals surface area contributed by atoms with Crippen molar-refractivity contribution in [3.05, 3.63) is 24.2 Å². The van der Waals surface area contributed by atoms with E-state index >= 15 is 0 Å². The van der Waals surface area contributed by atoms with E-state index in [0.717, 1.165) is 17.7 Å². The van der Waals surface area contributed by atoms with Gasteiger partial charge < -0.3 is 9.67 Å². The third-order valence-electron chi connectivity index (χ3n) is 2.22. The second-order valence-corrected chi connectivity index (χ2v) is 3.24. The van der Waals surface area contributed by atoms with Gasteiger partial charge >= 0.3 is 0 Å². The molecule has 2 aromatic rings. The Morgan fingerprint density at radius 1 is 1.57 bits per heavy atom. The van der Waals surface area contributed by atoms with Crippen molar-refractivity contribution in [2.75, 3.05) is 0 Å². The molecule has 2 aromatic heterocycles. The summed E-state index contributed by atoms with van der Waals surface area (Å²) in [5.74, 6) is 0.682. The monoisotopic (exact) mass is 191 g/mol. The maximum absolute atomic E-state index is 9.53. The predicted octanol–water partition coefficient (Wildman–Crippen LogP) is 1.50. The summed E-state index contributed by atoms with van der Waals surface area (Å²) >= 11 is 0. The first-order valence-corrected chi connectivity index (χ1v) is 4.73. The van der Waals surface area contributed by atoms with E-state index < -0.39 is 6.10 Å². The van der Waals surface area contributed by atoms with Gasteiger partial charge in [0.1, 0.15) is 17.4 Å². The molecule has 2 rings (SSSR count). The quantitative estimate of drug-likeness (QED) is 0.782. The minimum Gasteiger partial charge on any atom is -0.385 e. The van der Waals surface area contributed by atoms with Crippen molar-refractivity contribution < 1.29 is 5.11 Å². The molecular formula is C10H13N3O. The van der Waals surface area contributed by atoms with Crippen molar-refractivity contribution in [1.29, 1.82) is 0 Å².